The molecule has 2 aromatic rings. The fourth-order valence-electron chi connectivity index (χ4n) is 1.77. The highest BCUT2D eigenvalue weighted by atomic mass is 16.5. The Kier molecular flexibility index (Phi) is 3.69. The highest BCUT2D eigenvalue weighted by molar-refractivity contribution is 5.95. The lowest BCUT2D eigenvalue weighted by Crippen LogP contribution is -2.27. The first kappa shape index (κ1) is 13.3. The Morgan fingerprint density at radius 1 is 1.58 bits per heavy atom. The van der Waals surface area contributed by atoms with Crippen LogP contribution in [0, 0.1) is 6.92 Å². The Morgan fingerprint density at radius 2 is 2.32 bits per heavy atom. The van der Waals surface area contributed by atoms with Crippen LogP contribution in [0.4, 0.5) is 0 Å². The molecule has 0 aliphatic carbocycles. The molecule has 6 nitrogen and oxygen atoms in total. The van der Waals surface area contributed by atoms with Crippen LogP contribution in [0.3, 0.4) is 0 Å². The molecule has 0 aliphatic heterocycles. The Bertz CT molecular complexity index is 585. The number of carbonyl (C=O) groups is 1. The Morgan fingerprint density at radius 3 is 2.84 bits per heavy atom. The van der Waals surface area contributed by atoms with Gasteiger partial charge in [0.15, 0.2) is 5.82 Å². The van der Waals surface area contributed by atoms with E-state index in [1.165, 1.54) is 0 Å². The Hall–Kier alpha value is -2.11. The molecule has 0 aliphatic rings. The summed E-state index contributed by atoms with van der Waals surface area (Å²) in [5.74, 6) is 0.938. The van der Waals surface area contributed by atoms with Crippen molar-refractivity contribution in [2.45, 2.75) is 33.2 Å². The second-order valence-electron chi connectivity index (χ2n) is 4.52. The predicted octanol–water partition coefficient (Wildman–Crippen LogP) is 1.77. The summed E-state index contributed by atoms with van der Waals surface area (Å²) >= 11 is 0. The van der Waals surface area contributed by atoms with Gasteiger partial charge >= 0.3 is 0 Å². The van der Waals surface area contributed by atoms with E-state index >= 15 is 0 Å². The molecule has 2 rings (SSSR count). The van der Waals surface area contributed by atoms with Crippen molar-refractivity contribution in [3.05, 3.63) is 35.2 Å². The summed E-state index contributed by atoms with van der Waals surface area (Å²) < 4.78 is 7.01. The number of nitrogens with one attached hydrogen (secondary N) is 1. The van der Waals surface area contributed by atoms with Gasteiger partial charge in [-0.3, -0.25) is 4.79 Å². The summed E-state index contributed by atoms with van der Waals surface area (Å²) in [6.45, 7) is 5.68. The molecule has 1 atom stereocenters. The minimum absolute atomic E-state index is 0.137. The third kappa shape index (κ3) is 2.67. The van der Waals surface area contributed by atoms with Gasteiger partial charge in [0.2, 0.25) is 5.89 Å². The number of rotatable bonds is 4. The highest BCUT2D eigenvalue weighted by Crippen LogP contribution is 2.13. The van der Waals surface area contributed by atoms with Crippen LogP contribution < -0.4 is 5.32 Å². The summed E-state index contributed by atoms with van der Waals surface area (Å²) in [6, 6.07) is 1.49. The smallest absolute Gasteiger partial charge is 0.253 e. The molecule has 2 aromatic heterocycles. The maximum Gasteiger partial charge on any atom is 0.253 e. The largest absolute Gasteiger partial charge is 0.354 e. The molecule has 0 saturated carbocycles. The van der Waals surface area contributed by atoms with Crippen molar-refractivity contribution < 1.29 is 9.32 Å². The van der Waals surface area contributed by atoms with Crippen molar-refractivity contribution in [3.63, 3.8) is 0 Å². The Balaban J connectivity index is 2.08. The van der Waals surface area contributed by atoms with Gasteiger partial charge in [-0.05, 0) is 19.9 Å². The average Bonchev–Trinajstić information content (AvgIpc) is 2.98. The number of aromatic nitrogens is 3. The van der Waals surface area contributed by atoms with E-state index in [0.29, 0.717) is 23.7 Å². The number of amides is 1. The van der Waals surface area contributed by atoms with Gasteiger partial charge < -0.3 is 14.4 Å². The first-order chi connectivity index (χ1) is 9.02. The van der Waals surface area contributed by atoms with E-state index in [4.69, 9.17) is 4.52 Å². The van der Waals surface area contributed by atoms with Crippen molar-refractivity contribution >= 4 is 5.91 Å². The van der Waals surface area contributed by atoms with Gasteiger partial charge in [-0.15, -0.1) is 0 Å². The van der Waals surface area contributed by atoms with E-state index in [1.807, 2.05) is 38.6 Å². The molecular weight excluding hydrogens is 244 g/mol. The highest BCUT2D eigenvalue weighted by Gasteiger charge is 2.18. The number of nitrogens with zero attached hydrogens (tertiary/aromatic N) is 3. The van der Waals surface area contributed by atoms with Gasteiger partial charge in [-0.2, -0.15) is 4.98 Å². The van der Waals surface area contributed by atoms with Crippen molar-refractivity contribution in [2.75, 3.05) is 0 Å². The summed E-state index contributed by atoms with van der Waals surface area (Å²) in [5, 5.41) is 6.67. The maximum absolute atomic E-state index is 12.1. The lowest BCUT2D eigenvalue weighted by atomic mass is 10.2. The predicted molar refractivity (Wildman–Crippen MR) is 69.7 cm³/mol. The normalized spacial score (nSPS) is 12.4. The van der Waals surface area contributed by atoms with Gasteiger partial charge in [-0.1, -0.05) is 12.1 Å². The molecule has 6 heteroatoms. The van der Waals surface area contributed by atoms with Crippen LogP contribution >= 0.6 is 0 Å². The maximum atomic E-state index is 12.1. The molecule has 0 spiro atoms. The third-order valence-electron chi connectivity index (χ3n) is 3.15. The van der Waals surface area contributed by atoms with Crippen LogP contribution in [0.5, 0.6) is 0 Å². The molecule has 1 N–H and O–H groups in total. The number of carbonyl (C=O) groups excluding carboxylic acids is 1. The molecule has 19 heavy (non-hydrogen) atoms. The molecule has 0 radical (unpaired) electrons. The van der Waals surface area contributed by atoms with Crippen LogP contribution in [0.15, 0.2) is 16.8 Å². The minimum Gasteiger partial charge on any atom is -0.354 e. The first-order valence-corrected chi connectivity index (χ1v) is 6.28. The second kappa shape index (κ2) is 5.26. The van der Waals surface area contributed by atoms with Crippen molar-refractivity contribution in [3.8, 4) is 0 Å². The summed E-state index contributed by atoms with van der Waals surface area (Å²) in [5.41, 5.74) is 1.58. The fraction of sp³-hybridized carbons (Fsp3) is 0.462. The number of hydrogen-bond donors (Lipinski definition) is 1. The van der Waals surface area contributed by atoms with Gasteiger partial charge in [0, 0.05) is 25.4 Å². The number of hydrogen-bond acceptors (Lipinski definition) is 4. The Labute approximate surface area is 111 Å². The van der Waals surface area contributed by atoms with Crippen molar-refractivity contribution in [2.24, 2.45) is 7.05 Å². The SMILES string of the molecule is CCc1noc([C@H](C)NC(=O)c2ccn(C)c2C)n1. The molecule has 0 saturated heterocycles. The lowest BCUT2D eigenvalue weighted by molar-refractivity contribution is 0.0932. The minimum atomic E-state index is -0.306. The quantitative estimate of drug-likeness (QED) is 0.911. The monoisotopic (exact) mass is 262 g/mol. The number of aryl methyl sites for hydroxylation is 2. The lowest BCUT2D eigenvalue weighted by Gasteiger charge is -2.09. The van der Waals surface area contributed by atoms with Crippen LogP contribution in [0.1, 0.15) is 47.7 Å². The van der Waals surface area contributed by atoms with E-state index < -0.39 is 0 Å². The molecule has 0 aromatic carbocycles. The van der Waals surface area contributed by atoms with Gasteiger partial charge in [0.1, 0.15) is 6.04 Å². The van der Waals surface area contributed by atoms with Crippen LogP contribution in [0.25, 0.3) is 0 Å². The molecule has 2 heterocycles. The first-order valence-electron chi connectivity index (χ1n) is 6.28. The molecule has 1 amide bonds. The van der Waals surface area contributed by atoms with E-state index in [9.17, 15) is 4.79 Å². The molecular formula is C13H18N4O2. The van der Waals surface area contributed by atoms with E-state index in [0.717, 1.165) is 5.69 Å². The summed E-state index contributed by atoms with van der Waals surface area (Å²) in [6.07, 6.45) is 2.57. The van der Waals surface area contributed by atoms with E-state index in [1.54, 1.807) is 6.07 Å². The zero-order chi connectivity index (χ0) is 14.0. The topological polar surface area (TPSA) is 73.0 Å². The van der Waals surface area contributed by atoms with Gasteiger partial charge in [0.05, 0.1) is 5.56 Å². The van der Waals surface area contributed by atoms with Crippen LogP contribution in [-0.4, -0.2) is 20.6 Å². The molecule has 0 fully saturated rings. The van der Waals surface area contributed by atoms with Crippen LogP contribution in [-0.2, 0) is 13.5 Å². The molecule has 102 valence electrons. The van der Waals surface area contributed by atoms with Gasteiger partial charge in [0.25, 0.3) is 5.91 Å². The van der Waals surface area contributed by atoms with Crippen molar-refractivity contribution in [1.29, 1.82) is 0 Å². The average molecular weight is 262 g/mol. The van der Waals surface area contributed by atoms with Crippen molar-refractivity contribution in [1.82, 2.24) is 20.0 Å². The van der Waals surface area contributed by atoms with E-state index in [2.05, 4.69) is 15.5 Å². The third-order valence-corrected chi connectivity index (χ3v) is 3.15. The van der Waals surface area contributed by atoms with E-state index in [-0.39, 0.29) is 11.9 Å². The second-order valence-corrected chi connectivity index (χ2v) is 4.52. The zero-order valence-corrected chi connectivity index (χ0v) is 11.6. The van der Waals surface area contributed by atoms with Gasteiger partial charge in [-0.25, -0.2) is 0 Å². The fourth-order valence-corrected chi connectivity index (χ4v) is 1.77. The molecule has 0 unspecified atom stereocenters. The standard InChI is InChI=1S/C13H18N4O2/c1-5-11-15-13(19-16-11)8(2)14-12(18)10-6-7-17(4)9(10)3/h6-8H,5H2,1-4H3,(H,14,18)/t8-/m0/s1. The van der Waals surface area contributed by atoms with Crippen LogP contribution in [0.2, 0.25) is 0 Å². The summed E-state index contributed by atoms with van der Waals surface area (Å²) in [4.78, 5) is 16.3. The zero-order valence-electron chi connectivity index (χ0n) is 11.6. The molecule has 0 bridgehead atoms. The summed E-state index contributed by atoms with van der Waals surface area (Å²) in [7, 11) is 1.90.